The van der Waals surface area contributed by atoms with Gasteiger partial charge in [-0.05, 0) is 35.9 Å². The fourth-order valence-electron chi connectivity index (χ4n) is 5.33. The third-order valence-electron chi connectivity index (χ3n) is 7.40. The molecule has 3 aromatic heterocycles. The second kappa shape index (κ2) is 10.4. The molecule has 0 radical (unpaired) electrons. The summed E-state index contributed by atoms with van der Waals surface area (Å²) < 4.78 is 6.42. The Morgan fingerprint density at radius 1 is 0.419 bits per heavy atom. The maximum atomic E-state index is 6.42. The number of fused-ring (bicyclic) bond motifs is 2. The average molecular weight is 554 g/mol. The monoisotopic (exact) mass is 553 g/mol. The summed E-state index contributed by atoms with van der Waals surface area (Å²) in [6.45, 7) is 0. The first-order chi connectivity index (χ1) is 21.3. The Labute approximate surface area is 247 Å². The number of rotatable bonds is 5. The molecular formula is C37H23N5O. The third kappa shape index (κ3) is 4.61. The van der Waals surface area contributed by atoms with Crippen LogP contribution < -0.4 is 0 Å². The lowest BCUT2D eigenvalue weighted by atomic mass is 9.99. The Balaban J connectivity index is 1.42. The maximum absolute atomic E-state index is 6.42. The Kier molecular flexibility index (Phi) is 6.01. The van der Waals surface area contributed by atoms with Crippen molar-refractivity contribution in [2.24, 2.45) is 0 Å². The highest BCUT2D eigenvalue weighted by Gasteiger charge is 2.20. The van der Waals surface area contributed by atoms with Crippen molar-refractivity contribution >= 4 is 22.0 Å². The minimum absolute atomic E-state index is 0.515. The zero-order valence-corrected chi connectivity index (χ0v) is 22.9. The lowest BCUT2D eigenvalue weighted by Crippen LogP contribution is -2.01. The summed E-state index contributed by atoms with van der Waals surface area (Å²) in [4.78, 5) is 24.6. The Hall–Kier alpha value is -6.01. The van der Waals surface area contributed by atoms with Gasteiger partial charge < -0.3 is 4.42 Å². The molecule has 6 nitrogen and oxygen atoms in total. The van der Waals surface area contributed by atoms with Gasteiger partial charge in [0.2, 0.25) is 5.89 Å². The molecule has 0 N–H and O–H groups in total. The second-order valence-electron chi connectivity index (χ2n) is 10.2. The number of oxazole rings is 1. The standard InChI is InChI=1S/C37H23N5O/c1-4-12-25(13-5-1)34-40-35(26-14-6-2-7-15-26)42-36(41-34)30-22-28(29-20-10-18-24-19-11-21-38-32(24)29)23-31-33(30)39-37(43-31)27-16-8-3-9-17-27/h1-23H. The van der Waals surface area contributed by atoms with E-state index in [1.807, 2.05) is 115 Å². The van der Waals surface area contributed by atoms with Gasteiger partial charge in [-0.2, -0.15) is 0 Å². The van der Waals surface area contributed by atoms with Gasteiger partial charge in [-0.25, -0.2) is 19.9 Å². The first-order valence-corrected chi connectivity index (χ1v) is 14.0. The van der Waals surface area contributed by atoms with Crippen molar-refractivity contribution in [2.75, 3.05) is 0 Å². The molecule has 0 fully saturated rings. The van der Waals surface area contributed by atoms with Gasteiger partial charge in [-0.3, -0.25) is 4.98 Å². The minimum Gasteiger partial charge on any atom is -0.436 e. The third-order valence-corrected chi connectivity index (χ3v) is 7.40. The Morgan fingerprint density at radius 2 is 1.02 bits per heavy atom. The molecule has 0 aliphatic rings. The highest BCUT2D eigenvalue weighted by atomic mass is 16.3. The van der Waals surface area contributed by atoms with Crippen LogP contribution in [0.15, 0.2) is 144 Å². The first-order valence-electron chi connectivity index (χ1n) is 14.0. The van der Waals surface area contributed by atoms with Gasteiger partial charge >= 0.3 is 0 Å². The molecule has 5 aromatic carbocycles. The van der Waals surface area contributed by atoms with Crippen LogP contribution in [0.1, 0.15) is 0 Å². The van der Waals surface area contributed by atoms with Crippen LogP contribution in [0.4, 0.5) is 0 Å². The summed E-state index contributed by atoms with van der Waals surface area (Å²) in [5.41, 5.74) is 7.60. The zero-order chi connectivity index (χ0) is 28.6. The fraction of sp³-hybridized carbons (Fsp3) is 0. The van der Waals surface area contributed by atoms with E-state index < -0.39 is 0 Å². The second-order valence-corrected chi connectivity index (χ2v) is 10.2. The zero-order valence-electron chi connectivity index (χ0n) is 22.9. The SMILES string of the molecule is c1ccc(-c2nc(-c3ccccc3)nc(-c3cc(-c4cccc5cccnc45)cc4oc(-c5ccccc5)nc34)n2)cc1. The molecule has 3 heterocycles. The lowest BCUT2D eigenvalue weighted by molar-refractivity contribution is 0.620. The molecule has 43 heavy (non-hydrogen) atoms. The van der Waals surface area contributed by atoms with E-state index >= 15 is 0 Å². The van der Waals surface area contributed by atoms with Crippen LogP contribution in [0, 0.1) is 0 Å². The summed E-state index contributed by atoms with van der Waals surface area (Å²) in [5.74, 6) is 2.22. The molecular weight excluding hydrogens is 530 g/mol. The van der Waals surface area contributed by atoms with Crippen LogP contribution >= 0.6 is 0 Å². The van der Waals surface area contributed by atoms with E-state index in [0.717, 1.165) is 44.3 Å². The van der Waals surface area contributed by atoms with Gasteiger partial charge in [0.1, 0.15) is 5.52 Å². The fourth-order valence-corrected chi connectivity index (χ4v) is 5.33. The van der Waals surface area contributed by atoms with Gasteiger partial charge in [0.25, 0.3) is 0 Å². The molecule has 0 aliphatic carbocycles. The van der Waals surface area contributed by atoms with Gasteiger partial charge in [0.05, 0.1) is 5.52 Å². The van der Waals surface area contributed by atoms with Crippen molar-refractivity contribution in [3.05, 3.63) is 140 Å². The molecule has 0 saturated heterocycles. The largest absolute Gasteiger partial charge is 0.436 e. The van der Waals surface area contributed by atoms with Gasteiger partial charge in [0, 0.05) is 39.4 Å². The number of hydrogen-bond acceptors (Lipinski definition) is 6. The van der Waals surface area contributed by atoms with Crippen LogP contribution in [-0.4, -0.2) is 24.9 Å². The summed E-state index contributed by atoms with van der Waals surface area (Å²) in [7, 11) is 0. The summed E-state index contributed by atoms with van der Waals surface area (Å²) in [5, 5.41) is 1.06. The summed E-state index contributed by atoms with van der Waals surface area (Å²) in [6.07, 6.45) is 1.82. The Morgan fingerprint density at radius 3 is 1.70 bits per heavy atom. The van der Waals surface area contributed by atoms with E-state index in [-0.39, 0.29) is 0 Å². The van der Waals surface area contributed by atoms with Gasteiger partial charge in [-0.1, -0.05) is 103 Å². The molecule has 0 saturated carbocycles. The van der Waals surface area contributed by atoms with E-state index in [1.54, 1.807) is 0 Å². The van der Waals surface area contributed by atoms with Crippen molar-refractivity contribution in [2.45, 2.75) is 0 Å². The van der Waals surface area contributed by atoms with Crippen molar-refractivity contribution in [3.63, 3.8) is 0 Å². The number of pyridine rings is 1. The normalized spacial score (nSPS) is 11.3. The molecule has 0 unspecified atom stereocenters. The molecule has 6 heteroatoms. The molecule has 0 aliphatic heterocycles. The molecule has 8 aromatic rings. The van der Waals surface area contributed by atoms with E-state index in [2.05, 4.69) is 24.3 Å². The topological polar surface area (TPSA) is 77.6 Å². The van der Waals surface area contributed by atoms with Crippen LogP contribution in [0.2, 0.25) is 0 Å². The molecule has 0 atom stereocenters. The Bertz CT molecular complexity index is 2170. The van der Waals surface area contributed by atoms with Crippen molar-refractivity contribution in [1.29, 1.82) is 0 Å². The van der Waals surface area contributed by atoms with Crippen molar-refractivity contribution in [1.82, 2.24) is 24.9 Å². The molecule has 8 rings (SSSR count). The van der Waals surface area contributed by atoms with E-state index in [1.165, 1.54) is 0 Å². The predicted molar refractivity (Wildman–Crippen MR) is 170 cm³/mol. The van der Waals surface area contributed by atoms with Crippen LogP contribution in [0.5, 0.6) is 0 Å². The molecule has 202 valence electrons. The highest BCUT2D eigenvalue weighted by Crippen LogP contribution is 2.38. The summed E-state index contributed by atoms with van der Waals surface area (Å²) >= 11 is 0. The van der Waals surface area contributed by atoms with E-state index in [0.29, 0.717) is 34.5 Å². The van der Waals surface area contributed by atoms with Crippen LogP contribution in [0.25, 0.3) is 78.7 Å². The number of aromatic nitrogens is 5. The molecule has 0 spiro atoms. The maximum Gasteiger partial charge on any atom is 0.227 e. The average Bonchev–Trinajstić information content (AvgIpc) is 3.53. The first kappa shape index (κ1) is 24.8. The van der Waals surface area contributed by atoms with Gasteiger partial charge in [0.15, 0.2) is 23.1 Å². The predicted octanol–water partition coefficient (Wildman–Crippen LogP) is 8.90. The van der Waals surface area contributed by atoms with Crippen LogP contribution in [0.3, 0.4) is 0 Å². The molecule has 0 amide bonds. The number of hydrogen-bond donors (Lipinski definition) is 0. The van der Waals surface area contributed by atoms with Crippen LogP contribution in [-0.2, 0) is 0 Å². The number of para-hydroxylation sites is 1. The number of benzene rings is 5. The summed E-state index contributed by atoms with van der Waals surface area (Å²) in [6, 6.07) is 44.1. The number of nitrogens with zero attached hydrogens (tertiary/aromatic N) is 5. The van der Waals surface area contributed by atoms with Crippen molar-refractivity contribution < 1.29 is 4.42 Å². The van der Waals surface area contributed by atoms with Crippen molar-refractivity contribution in [3.8, 4) is 56.7 Å². The quantitative estimate of drug-likeness (QED) is 0.212. The highest BCUT2D eigenvalue weighted by molar-refractivity contribution is 6.00. The van der Waals surface area contributed by atoms with Gasteiger partial charge in [-0.15, -0.1) is 0 Å². The minimum atomic E-state index is 0.515. The molecule has 0 bridgehead atoms. The smallest absolute Gasteiger partial charge is 0.227 e. The lowest BCUT2D eigenvalue weighted by Gasteiger charge is -2.11. The van der Waals surface area contributed by atoms with E-state index in [9.17, 15) is 0 Å². The van der Waals surface area contributed by atoms with E-state index in [4.69, 9.17) is 29.3 Å².